The second-order valence-corrected chi connectivity index (χ2v) is 5.43. The molecule has 23 heavy (non-hydrogen) atoms. The normalized spacial score (nSPS) is 10.2. The Kier molecular flexibility index (Phi) is 8.73. The topological polar surface area (TPSA) is 52.6 Å². The van der Waals surface area contributed by atoms with Crippen molar-refractivity contribution < 1.29 is 19.1 Å². The van der Waals surface area contributed by atoms with Gasteiger partial charge in [0.2, 0.25) is 0 Å². The zero-order valence-corrected chi connectivity index (χ0v) is 14.1. The molecule has 0 spiro atoms. The van der Waals surface area contributed by atoms with E-state index >= 15 is 0 Å². The van der Waals surface area contributed by atoms with Crippen molar-refractivity contribution in [3.63, 3.8) is 0 Å². The maximum Gasteiger partial charge on any atom is 0.311 e. The van der Waals surface area contributed by atoms with Crippen molar-refractivity contribution in [1.82, 2.24) is 0 Å². The molecule has 0 unspecified atom stereocenters. The van der Waals surface area contributed by atoms with E-state index in [1.54, 1.807) is 18.2 Å². The molecule has 0 fully saturated rings. The number of benzene rings is 1. The molecule has 0 bridgehead atoms. The maximum absolute atomic E-state index is 11.9. The molecule has 0 radical (unpaired) electrons. The van der Waals surface area contributed by atoms with E-state index in [0.717, 1.165) is 31.2 Å². The Morgan fingerprint density at radius 2 is 1.57 bits per heavy atom. The summed E-state index contributed by atoms with van der Waals surface area (Å²) in [5.74, 6) is -0.0262. The highest BCUT2D eigenvalue weighted by atomic mass is 16.6. The summed E-state index contributed by atoms with van der Waals surface area (Å²) in [6.45, 7) is 7.72. The fraction of sp³-hybridized carbons (Fsp3) is 0.474. The second-order valence-electron chi connectivity index (χ2n) is 5.43. The van der Waals surface area contributed by atoms with Crippen molar-refractivity contribution in [2.45, 2.75) is 58.8 Å². The highest BCUT2D eigenvalue weighted by molar-refractivity contribution is 5.76. The van der Waals surface area contributed by atoms with Gasteiger partial charge < -0.3 is 9.47 Å². The summed E-state index contributed by atoms with van der Waals surface area (Å²) in [5.41, 5.74) is 0.951. The van der Waals surface area contributed by atoms with E-state index in [9.17, 15) is 9.59 Å². The quantitative estimate of drug-likeness (QED) is 0.359. The van der Waals surface area contributed by atoms with Crippen LogP contribution in [0.15, 0.2) is 30.9 Å². The number of ether oxygens (including phenoxy) is 2. The van der Waals surface area contributed by atoms with Crippen LogP contribution < -0.4 is 9.47 Å². The molecule has 0 aliphatic carbocycles. The van der Waals surface area contributed by atoms with Gasteiger partial charge in [-0.2, -0.15) is 0 Å². The molecule has 0 N–H and O–H groups in total. The molecule has 4 nitrogen and oxygen atoms in total. The molecule has 0 heterocycles. The summed E-state index contributed by atoms with van der Waals surface area (Å²) in [6, 6.07) is 5.24. The molecule has 0 aliphatic heterocycles. The smallest absolute Gasteiger partial charge is 0.311 e. The number of allylic oxidation sites excluding steroid dienone is 1. The van der Waals surface area contributed by atoms with Crippen molar-refractivity contribution in [3.8, 4) is 11.5 Å². The minimum Gasteiger partial charge on any atom is -0.423 e. The third-order valence-electron chi connectivity index (χ3n) is 3.30. The molecule has 126 valence electrons. The Balaban J connectivity index is 2.87. The lowest BCUT2D eigenvalue weighted by molar-refractivity contribution is -0.137. The highest BCUT2D eigenvalue weighted by Crippen LogP contribution is 2.30. The van der Waals surface area contributed by atoms with Crippen molar-refractivity contribution in [2.75, 3.05) is 0 Å². The summed E-state index contributed by atoms with van der Waals surface area (Å²) < 4.78 is 10.7. The summed E-state index contributed by atoms with van der Waals surface area (Å²) in [4.78, 5) is 23.7. The molecular formula is C19H26O4. The van der Waals surface area contributed by atoms with Gasteiger partial charge in [0.25, 0.3) is 0 Å². The number of carbonyl (C=O) groups excluding carboxylic acids is 2. The van der Waals surface area contributed by atoms with Gasteiger partial charge in [-0.1, -0.05) is 38.8 Å². The maximum atomic E-state index is 11.9. The molecule has 1 aromatic carbocycles. The third kappa shape index (κ3) is 7.13. The van der Waals surface area contributed by atoms with Crippen molar-refractivity contribution >= 4 is 11.9 Å². The first-order valence-corrected chi connectivity index (χ1v) is 8.25. The lowest BCUT2D eigenvalue weighted by atomic mass is 10.1. The van der Waals surface area contributed by atoms with Crippen LogP contribution in [-0.2, 0) is 16.0 Å². The lowest BCUT2D eigenvalue weighted by Gasteiger charge is -2.12. The van der Waals surface area contributed by atoms with E-state index in [0.29, 0.717) is 30.8 Å². The first-order valence-electron chi connectivity index (χ1n) is 8.25. The van der Waals surface area contributed by atoms with E-state index < -0.39 is 0 Å². The van der Waals surface area contributed by atoms with Crippen molar-refractivity contribution in [2.24, 2.45) is 0 Å². The molecule has 4 heteroatoms. The standard InChI is InChI=1S/C19H26O4/c1-4-7-10-18(20)22-16-13-12-15(9-6-3)14-17(16)23-19(21)11-8-5-2/h6,12-14H,3-5,7-11H2,1-2H3. The molecular weight excluding hydrogens is 292 g/mol. The predicted molar refractivity (Wildman–Crippen MR) is 90.7 cm³/mol. The van der Waals surface area contributed by atoms with E-state index in [-0.39, 0.29) is 11.9 Å². The van der Waals surface area contributed by atoms with E-state index in [1.165, 1.54) is 0 Å². The van der Waals surface area contributed by atoms with Crippen LogP contribution >= 0.6 is 0 Å². The fourth-order valence-corrected chi connectivity index (χ4v) is 2.00. The molecule has 1 aromatic rings. The van der Waals surface area contributed by atoms with Gasteiger partial charge >= 0.3 is 11.9 Å². The number of esters is 2. The Morgan fingerprint density at radius 3 is 2.09 bits per heavy atom. The average molecular weight is 318 g/mol. The minimum atomic E-state index is -0.312. The van der Waals surface area contributed by atoms with Gasteiger partial charge in [-0.25, -0.2) is 0 Å². The van der Waals surface area contributed by atoms with Gasteiger partial charge in [0, 0.05) is 12.8 Å². The van der Waals surface area contributed by atoms with Crippen LogP contribution in [0.2, 0.25) is 0 Å². The Labute approximate surface area is 138 Å². The van der Waals surface area contributed by atoms with E-state index in [1.807, 2.05) is 19.9 Å². The molecule has 0 amide bonds. The Morgan fingerprint density at radius 1 is 1.00 bits per heavy atom. The zero-order chi connectivity index (χ0) is 17.1. The molecule has 0 saturated heterocycles. The average Bonchev–Trinajstić information content (AvgIpc) is 2.53. The Bertz CT molecular complexity index is 534. The molecule has 1 rings (SSSR count). The van der Waals surface area contributed by atoms with Gasteiger partial charge in [0.15, 0.2) is 11.5 Å². The highest BCUT2D eigenvalue weighted by Gasteiger charge is 2.14. The van der Waals surface area contributed by atoms with Gasteiger partial charge in [-0.15, -0.1) is 6.58 Å². The summed E-state index contributed by atoms with van der Waals surface area (Å²) in [6.07, 6.45) is 6.53. The van der Waals surface area contributed by atoms with Gasteiger partial charge in [0.05, 0.1) is 0 Å². The molecule has 0 atom stereocenters. The number of unbranched alkanes of at least 4 members (excludes halogenated alkanes) is 2. The van der Waals surface area contributed by atoms with Crippen LogP contribution in [0.1, 0.15) is 57.9 Å². The predicted octanol–water partition coefficient (Wildman–Crippen LogP) is 4.61. The molecule has 0 aliphatic rings. The van der Waals surface area contributed by atoms with Crippen LogP contribution in [-0.4, -0.2) is 11.9 Å². The van der Waals surface area contributed by atoms with Crippen LogP contribution in [0.4, 0.5) is 0 Å². The Hall–Kier alpha value is -2.10. The third-order valence-corrected chi connectivity index (χ3v) is 3.30. The number of rotatable bonds is 10. The number of hydrogen-bond acceptors (Lipinski definition) is 4. The summed E-state index contributed by atoms with van der Waals surface area (Å²) >= 11 is 0. The zero-order valence-electron chi connectivity index (χ0n) is 14.1. The van der Waals surface area contributed by atoms with Crippen LogP contribution in [0, 0.1) is 0 Å². The van der Waals surface area contributed by atoms with Crippen molar-refractivity contribution in [3.05, 3.63) is 36.4 Å². The van der Waals surface area contributed by atoms with Gasteiger partial charge in [0.1, 0.15) is 0 Å². The summed E-state index contributed by atoms with van der Waals surface area (Å²) in [5, 5.41) is 0. The minimum absolute atomic E-state index is 0.295. The van der Waals surface area contributed by atoms with Gasteiger partial charge in [-0.05, 0) is 37.0 Å². The van der Waals surface area contributed by atoms with E-state index in [2.05, 4.69) is 6.58 Å². The lowest BCUT2D eigenvalue weighted by Crippen LogP contribution is -2.12. The van der Waals surface area contributed by atoms with E-state index in [4.69, 9.17) is 9.47 Å². The first kappa shape index (κ1) is 18.9. The monoisotopic (exact) mass is 318 g/mol. The largest absolute Gasteiger partial charge is 0.423 e. The first-order chi connectivity index (χ1) is 11.1. The fourth-order valence-electron chi connectivity index (χ4n) is 2.00. The summed E-state index contributed by atoms with van der Waals surface area (Å²) in [7, 11) is 0. The van der Waals surface area contributed by atoms with Crippen LogP contribution in [0.3, 0.4) is 0 Å². The van der Waals surface area contributed by atoms with Crippen molar-refractivity contribution in [1.29, 1.82) is 0 Å². The molecule has 0 saturated carbocycles. The van der Waals surface area contributed by atoms with Crippen LogP contribution in [0.25, 0.3) is 0 Å². The molecule has 0 aromatic heterocycles. The SMILES string of the molecule is C=CCc1ccc(OC(=O)CCCC)c(OC(=O)CCCC)c1. The number of carbonyl (C=O) groups is 2. The van der Waals surface area contributed by atoms with Gasteiger partial charge in [-0.3, -0.25) is 9.59 Å². The van der Waals surface area contributed by atoms with Crippen LogP contribution in [0.5, 0.6) is 11.5 Å². The number of hydrogen-bond donors (Lipinski definition) is 0. The second kappa shape index (κ2) is 10.6.